The molecule has 0 bridgehead atoms. The molecular weight excluding hydrogens is 306 g/mol. The molecule has 1 aliphatic carbocycles. The minimum Gasteiger partial charge on any atom is -0.348 e. The highest BCUT2D eigenvalue weighted by Crippen LogP contribution is 2.29. The Labute approximate surface area is 137 Å². The Morgan fingerprint density at radius 3 is 2.67 bits per heavy atom. The number of aromatic nitrogens is 1. The summed E-state index contributed by atoms with van der Waals surface area (Å²) in [5, 5.41) is 5.90. The molecular formula is C15H26ClN3OS. The highest BCUT2D eigenvalue weighted by Gasteiger charge is 2.24. The SMILES string of the molecule is CC(C)C1CCC(NC(=O)c2csc(CCN)n2)CC1.Cl. The molecule has 1 fully saturated rings. The lowest BCUT2D eigenvalue weighted by atomic mass is 9.80. The Morgan fingerprint density at radius 2 is 2.10 bits per heavy atom. The Balaban J connectivity index is 0.00000220. The zero-order chi connectivity index (χ0) is 14.5. The third kappa shape index (κ3) is 5.24. The summed E-state index contributed by atoms with van der Waals surface area (Å²) in [5.74, 6) is 1.54. The quantitative estimate of drug-likeness (QED) is 0.871. The molecule has 6 heteroatoms. The average Bonchev–Trinajstić information content (AvgIpc) is 2.88. The summed E-state index contributed by atoms with van der Waals surface area (Å²) in [5.41, 5.74) is 6.04. The minimum absolute atomic E-state index is 0. The topological polar surface area (TPSA) is 68.0 Å². The number of rotatable bonds is 5. The molecule has 21 heavy (non-hydrogen) atoms. The first kappa shape index (κ1) is 18.4. The van der Waals surface area contributed by atoms with E-state index in [0.717, 1.165) is 36.1 Å². The number of carbonyl (C=O) groups excluding carboxylic acids is 1. The van der Waals surface area contributed by atoms with Gasteiger partial charge in [0, 0.05) is 17.8 Å². The molecule has 1 aliphatic rings. The maximum Gasteiger partial charge on any atom is 0.270 e. The molecule has 2 rings (SSSR count). The predicted octanol–water partition coefficient (Wildman–Crippen LogP) is 3.01. The lowest BCUT2D eigenvalue weighted by molar-refractivity contribution is 0.0913. The first-order chi connectivity index (χ1) is 9.60. The number of thiazole rings is 1. The van der Waals surface area contributed by atoms with Crippen LogP contribution in [0.2, 0.25) is 0 Å². The molecule has 1 aromatic rings. The Kier molecular flexibility index (Phi) is 7.63. The second-order valence-corrected chi connectivity index (χ2v) is 6.94. The van der Waals surface area contributed by atoms with Gasteiger partial charge in [-0.05, 0) is 44.1 Å². The molecule has 120 valence electrons. The van der Waals surface area contributed by atoms with Gasteiger partial charge in [-0.15, -0.1) is 23.7 Å². The zero-order valence-electron chi connectivity index (χ0n) is 12.8. The summed E-state index contributed by atoms with van der Waals surface area (Å²) in [6.45, 7) is 5.16. The van der Waals surface area contributed by atoms with Crippen LogP contribution in [0.5, 0.6) is 0 Å². The van der Waals surface area contributed by atoms with Crippen LogP contribution in [0.3, 0.4) is 0 Å². The van der Waals surface area contributed by atoms with E-state index >= 15 is 0 Å². The fourth-order valence-electron chi connectivity index (χ4n) is 2.84. The van der Waals surface area contributed by atoms with E-state index in [9.17, 15) is 4.79 Å². The summed E-state index contributed by atoms with van der Waals surface area (Å²) in [7, 11) is 0. The van der Waals surface area contributed by atoms with E-state index in [0.29, 0.717) is 18.3 Å². The number of halogens is 1. The van der Waals surface area contributed by atoms with Crippen LogP contribution in [-0.2, 0) is 6.42 Å². The number of amides is 1. The third-order valence-electron chi connectivity index (χ3n) is 4.19. The van der Waals surface area contributed by atoms with E-state index in [2.05, 4.69) is 24.1 Å². The number of nitrogens with zero attached hydrogens (tertiary/aromatic N) is 1. The van der Waals surface area contributed by atoms with Crippen LogP contribution in [0.1, 0.15) is 55.0 Å². The van der Waals surface area contributed by atoms with Gasteiger partial charge < -0.3 is 11.1 Å². The molecule has 0 atom stereocenters. The van der Waals surface area contributed by atoms with E-state index in [1.54, 1.807) is 0 Å². The summed E-state index contributed by atoms with van der Waals surface area (Å²) in [6.07, 6.45) is 5.37. The van der Waals surface area contributed by atoms with Gasteiger partial charge in [0.05, 0.1) is 5.01 Å². The van der Waals surface area contributed by atoms with Crippen LogP contribution in [0.4, 0.5) is 0 Å². The molecule has 1 amide bonds. The largest absolute Gasteiger partial charge is 0.348 e. The van der Waals surface area contributed by atoms with Crippen LogP contribution in [-0.4, -0.2) is 23.5 Å². The van der Waals surface area contributed by atoms with Crippen molar-refractivity contribution in [2.24, 2.45) is 17.6 Å². The molecule has 4 nitrogen and oxygen atoms in total. The van der Waals surface area contributed by atoms with Gasteiger partial charge in [0.25, 0.3) is 5.91 Å². The van der Waals surface area contributed by atoms with Gasteiger partial charge in [0.1, 0.15) is 5.69 Å². The first-order valence-corrected chi connectivity index (χ1v) is 8.43. The zero-order valence-corrected chi connectivity index (χ0v) is 14.4. The van der Waals surface area contributed by atoms with E-state index < -0.39 is 0 Å². The smallest absolute Gasteiger partial charge is 0.270 e. The second-order valence-electron chi connectivity index (χ2n) is 5.99. The summed E-state index contributed by atoms with van der Waals surface area (Å²) in [6, 6.07) is 0.317. The summed E-state index contributed by atoms with van der Waals surface area (Å²) < 4.78 is 0. The number of nitrogens with two attached hydrogens (primary N) is 1. The van der Waals surface area contributed by atoms with E-state index in [4.69, 9.17) is 5.73 Å². The number of nitrogens with one attached hydrogen (secondary N) is 1. The molecule has 1 heterocycles. The molecule has 0 spiro atoms. The molecule has 0 aliphatic heterocycles. The fraction of sp³-hybridized carbons (Fsp3) is 0.733. The second kappa shape index (κ2) is 8.71. The van der Waals surface area contributed by atoms with Crippen LogP contribution in [0.25, 0.3) is 0 Å². The van der Waals surface area contributed by atoms with Crippen molar-refractivity contribution in [1.29, 1.82) is 0 Å². The normalized spacial score (nSPS) is 21.9. The van der Waals surface area contributed by atoms with Crippen molar-refractivity contribution in [2.75, 3.05) is 6.54 Å². The van der Waals surface area contributed by atoms with Gasteiger partial charge >= 0.3 is 0 Å². The van der Waals surface area contributed by atoms with Gasteiger partial charge in [-0.3, -0.25) is 4.79 Å². The van der Waals surface area contributed by atoms with Crippen molar-refractivity contribution in [1.82, 2.24) is 10.3 Å². The highest BCUT2D eigenvalue weighted by atomic mass is 35.5. The van der Waals surface area contributed by atoms with Crippen molar-refractivity contribution in [2.45, 2.75) is 52.0 Å². The highest BCUT2D eigenvalue weighted by molar-refractivity contribution is 7.09. The van der Waals surface area contributed by atoms with Crippen LogP contribution in [0, 0.1) is 11.8 Å². The standard InChI is InChI=1S/C15H25N3OS.ClH/c1-10(2)11-3-5-12(6-4-11)17-15(19)13-9-20-14(18-13)7-8-16;/h9-12H,3-8,16H2,1-2H3,(H,17,19);1H. The number of carbonyl (C=O) groups is 1. The van der Waals surface area contributed by atoms with Crippen molar-refractivity contribution in [3.63, 3.8) is 0 Å². The summed E-state index contributed by atoms with van der Waals surface area (Å²) >= 11 is 1.52. The first-order valence-electron chi connectivity index (χ1n) is 7.55. The Morgan fingerprint density at radius 1 is 1.43 bits per heavy atom. The van der Waals surface area contributed by atoms with Crippen LogP contribution < -0.4 is 11.1 Å². The minimum atomic E-state index is -0.0301. The Hall–Kier alpha value is -0.650. The van der Waals surface area contributed by atoms with Crippen molar-refractivity contribution in [3.05, 3.63) is 16.1 Å². The number of hydrogen-bond acceptors (Lipinski definition) is 4. The van der Waals surface area contributed by atoms with E-state index in [-0.39, 0.29) is 18.3 Å². The summed E-state index contributed by atoms with van der Waals surface area (Å²) in [4.78, 5) is 16.5. The molecule has 0 unspecified atom stereocenters. The van der Waals surface area contributed by atoms with Crippen molar-refractivity contribution in [3.8, 4) is 0 Å². The van der Waals surface area contributed by atoms with Gasteiger partial charge in [-0.1, -0.05) is 13.8 Å². The Bertz CT molecular complexity index is 442. The van der Waals surface area contributed by atoms with Crippen LogP contribution >= 0.6 is 23.7 Å². The molecule has 1 saturated carbocycles. The van der Waals surface area contributed by atoms with Gasteiger partial charge in [-0.25, -0.2) is 4.98 Å². The van der Waals surface area contributed by atoms with Gasteiger partial charge in [0.15, 0.2) is 0 Å². The maximum atomic E-state index is 12.1. The molecule has 0 aromatic carbocycles. The van der Waals surface area contributed by atoms with Gasteiger partial charge in [0.2, 0.25) is 0 Å². The predicted molar refractivity (Wildman–Crippen MR) is 90.2 cm³/mol. The number of hydrogen-bond donors (Lipinski definition) is 2. The monoisotopic (exact) mass is 331 g/mol. The molecule has 0 radical (unpaired) electrons. The van der Waals surface area contributed by atoms with E-state index in [1.807, 2.05) is 5.38 Å². The maximum absolute atomic E-state index is 12.1. The third-order valence-corrected chi connectivity index (χ3v) is 5.10. The van der Waals surface area contributed by atoms with Gasteiger partial charge in [-0.2, -0.15) is 0 Å². The molecule has 0 saturated heterocycles. The van der Waals surface area contributed by atoms with Crippen molar-refractivity contribution >= 4 is 29.7 Å². The van der Waals surface area contributed by atoms with E-state index in [1.165, 1.54) is 24.2 Å². The lowest BCUT2D eigenvalue weighted by Gasteiger charge is -2.31. The van der Waals surface area contributed by atoms with Crippen molar-refractivity contribution < 1.29 is 4.79 Å². The molecule has 3 N–H and O–H groups in total. The fourth-order valence-corrected chi connectivity index (χ4v) is 3.64. The van der Waals surface area contributed by atoms with Crippen LogP contribution in [0.15, 0.2) is 5.38 Å². The average molecular weight is 332 g/mol. The molecule has 1 aromatic heterocycles. The lowest BCUT2D eigenvalue weighted by Crippen LogP contribution is -2.38.